The van der Waals surface area contributed by atoms with Crippen molar-refractivity contribution in [3.05, 3.63) is 41.5 Å². The van der Waals surface area contributed by atoms with Crippen LogP contribution in [0.4, 0.5) is 0 Å². The third-order valence-electron chi connectivity index (χ3n) is 2.39. The van der Waals surface area contributed by atoms with Crippen molar-refractivity contribution < 1.29 is 9.53 Å². The molecule has 0 heterocycles. The average Bonchev–Trinajstić information content (AvgIpc) is 2.34. The van der Waals surface area contributed by atoms with Gasteiger partial charge in [0.1, 0.15) is 0 Å². The summed E-state index contributed by atoms with van der Waals surface area (Å²) >= 11 is 0. The monoisotopic (exact) mass is 218 g/mol. The summed E-state index contributed by atoms with van der Waals surface area (Å²) in [4.78, 5) is 11.5. The van der Waals surface area contributed by atoms with Crippen molar-refractivity contribution >= 4 is 12.0 Å². The summed E-state index contributed by atoms with van der Waals surface area (Å²) in [7, 11) is 1.40. The molecule has 0 unspecified atom stereocenters. The van der Waals surface area contributed by atoms with Gasteiger partial charge in [0.15, 0.2) is 0 Å². The summed E-state index contributed by atoms with van der Waals surface area (Å²) in [6, 6.07) is 7.47. The zero-order valence-corrected chi connectivity index (χ0v) is 9.90. The Hall–Kier alpha value is -1.57. The number of rotatable bonds is 5. The summed E-state index contributed by atoms with van der Waals surface area (Å²) in [6.07, 6.45) is 7.50. The minimum absolute atomic E-state index is 0.282. The number of hydrogen-bond donors (Lipinski definition) is 0. The number of esters is 1. The molecule has 0 aromatic heterocycles. The fourth-order valence-electron chi connectivity index (χ4n) is 1.47. The van der Waals surface area contributed by atoms with Gasteiger partial charge in [-0.25, -0.2) is 4.79 Å². The van der Waals surface area contributed by atoms with E-state index < -0.39 is 0 Å². The first-order valence-corrected chi connectivity index (χ1v) is 5.63. The van der Waals surface area contributed by atoms with Crippen molar-refractivity contribution in [1.29, 1.82) is 0 Å². The Morgan fingerprint density at radius 3 is 2.81 bits per heavy atom. The highest BCUT2D eigenvalue weighted by Gasteiger charge is 2.07. The first-order chi connectivity index (χ1) is 7.79. The zero-order valence-electron chi connectivity index (χ0n) is 9.90. The van der Waals surface area contributed by atoms with Crippen LogP contribution in [0.5, 0.6) is 0 Å². The van der Waals surface area contributed by atoms with Crippen LogP contribution in [0.2, 0.25) is 0 Å². The maximum absolute atomic E-state index is 11.5. The lowest BCUT2D eigenvalue weighted by atomic mass is 10.1. The molecule has 0 saturated heterocycles. The van der Waals surface area contributed by atoms with Gasteiger partial charge in [0.05, 0.1) is 12.7 Å². The van der Waals surface area contributed by atoms with E-state index in [0.29, 0.717) is 5.56 Å². The molecular weight excluding hydrogens is 200 g/mol. The first-order valence-electron chi connectivity index (χ1n) is 5.63. The van der Waals surface area contributed by atoms with Crippen LogP contribution in [-0.4, -0.2) is 13.1 Å². The number of benzene rings is 1. The Kier molecular flexibility index (Phi) is 5.34. The second kappa shape index (κ2) is 6.83. The Morgan fingerprint density at radius 1 is 1.38 bits per heavy atom. The van der Waals surface area contributed by atoms with E-state index in [9.17, 15) is 4.79 Å². The number of unbranched alkanes of at least 4 members (excludes halogenated alkanes) is 2. The SMILES string of the molecule is CCCCC=Cc1ccccc1C(=O)OC. The number of hydrogen-bond acceptors (Lipinski definition) is 2. The van der Waals surface area contributed by atoms with E-state index in [4.69, 9.17) is 4.74 Å². The van der Waals surface area contributed by atoms with Gasteiger partial charge in [-0.2, -0.15) is 0 Å². The van der Waals surface area contributed by atoms with Gasteiger partial charge in [-0.3, -0.25) is 0 Å². The molecule has 0 spiro atoms. The van der Waals surface area contributed by atoms with E-state index in [1.807, 2.05) is 24.3 Å². The van der Waals surface area contributed by atoms with Gasteiger partial charge < -0.3 is 4.74 Å². The summed E-state index contributed by atoms with van der Waals surface area (Å²) in [5, 5.41) is 0. The van der Waals surface area contributed by atoms with E-state index in [0.717, 1.165) is 12.0 Å². The van der Waals surface area contributed by atoms with E-state index in [1.54, 1.807) is 6.07 Å². The van der Waals surface area contributed by atoms with E-state index in [1.165, 1.54) is 20.0 Å². The molecule has 2 heteroatoms. The molecule has 1 rings (SSSR count). The maximum Gasteiger partial charge on any atom is 0.338 e. The largest absolute Gasteiger partial charge is 0.465 e. The van der Waals surface area contributed by atoms with Crippen LogP contribution >= 0.6 is 0 Å². The minimum Gasteiger partial charge on any atom is -0.465 e. The van der Waals surface area contributed by atoms with Crippen LogP contribution < -0.4 is 0 Å². The highest BCUT2D eigenvalue weighted by molar-refractivity contribution is 5.93. The lowest BCUT2D eigenvalue weighted by Crippen LogP contribution is -2.02. The van der Waals surface area contributed by atoms with Gasteiger partial charge in [0.25, 0.3) is 0 Å². The van der Waals surface area contributed by atoms with Crippen LogP contribution in [0, 0.1) is 0 Å². The molecule has 0 aliphatic rings. The molecule has 1 aromatic carbocycles. The number of ether oxygens (including phenoxy) is 1. The van der Waals surface area contributed by atoms with Crippen molar-refractivity contribution in [1.82, 2.24) is 0 Å². The van der Waals surface area contributed by atoms with Gasteiger partial charge >= 0.3 is 5.97 Å². The van der Waals surface area contributed by atoms with Crippen LogP contribution in [0.3, 0.4) is 0 Å². The van der Waals surface area contributed by atoms with Crippen LogP contribution in [0.25, 0.3) is 6.08 Å². The molecule has 16 heavy (non-hydrogen) atoms. The van der Waals surface area contributed by atoms with Crippen molar-refractivity contribution in [2.45, 2.75) is 26.2 Å². The number of carbonyl (C=O) groups excluding carboxylic acids is 1. The average molecular weight is 218 g/mol. The Balaban J connectivity index is 2.78. The molecule has 0 fully saturated rings. The molecule has 0 radical (unpaired) electrons. The fourth-order valence-corrected chi connectivity index (χ4v) is 1.47. The predicted molar refractivity (Wildman–Crippen MR) is 66.3 cm³/mol. The van der Waals surface area contributed by atoms with E-state index in [-0.39, 0.29) is 5.97 Å². The highest BCUT2D eigenvalue weighted by atomic mass is 16.5. The number of methoxy groups -OCH3 is 1. The van der Waals surface area contributed by atoms with Crippen LogP contribution in [0.15, 0.2) is 30.3 Å². The van der Waals surface area contributed by atoms with Gasteiger partial charge in [0.2, 0.25) is 0 Å². The zero-order chi connectivity index (χ0) is 11.8. The number of allylic oxidation sites excluding steroid dienone is 1. The molecule has 0 amide bonds. The third-order valence-corrected chi connectivity index (χ3v) is 2.39. The van der Waals surface area contributed by atoms with Crippen molar-refractivity contribution in [2.75, 3.05) is 7.11 Å². The van der Waals surface area contributed by atoms with Gasteiger partial charge in [0, 0.05) is 0 Å². The van der Waals surface area contributed by atoms with Gasteiger partial charge in [-0.15, -0.1) is 0 Å². The Morgan fingerprint density at radius 2 is 2.12 bits per heavy atom. The second-order valence-corrected chi connectivity index (χ2v) is 3.62. The summed E-state index contributed by atoms with van der Waals surface area (Å²) in [5.41, 5.74) is 1.54. The fraction of sp³-hybridized carbons (Fsp3) is 0.357. The van der Waals surface area contributed by atoms with Crippen LogP contribution in [0.1, 0.15) is 42.1 Å². The molecule has 0 atom stereocenters. The molecule has 1 aromatic rings. The summed E-state index contributed by atoms with van der Waals surface area (Å²) in [6.45, 7) is 2.16. The predicted octanol–water partition coefficient (Wildman–Crippen LogP) is 3.68. The number of carbonyl (C=O) groups is 1. The molecular formula is C14H18O2. The molecule has 0 saturated carbocycles. The standard InChI is InChI=1S/C14H18O2/c1-3-4-5-6-9-12-10-7-8-11-13(12)14(15)16-2/h6-11H,3-5H2,1-2H3. The third kappa shape index (κ3) is 3.54. The molecule has 0 aliphatic heterocycles. The smallest absolute Gasteiger partial charge is 0.338 e. The summed E-state index contributed by atoms with van der Waals surface area (Å²) < 4.78 is 4.73. The first kappa shape index (κ1) is 12.5. The van der Waals surface area contributed by atoms with E-state index in [2.05, 4.69) is 13.0 Å². The topological polar surface area (TPSA) is 26.3 Å². The summed E-state index contributed by atoms with van der Waals surface area (Å²) in [5.74, 6) is -0.282. The lowest BCUT2D eigenvalue weighted by molar-refractivity contribution is 0.0600. The van der Waals surface area contributed by atoms with Crippen molar-refractivity contribution in [2.24, 2.45) is 0 Å². The normalized spacial score (nSPS) is 10.6. The van der Waals surface area contributed by atoms with Gasteiger partial charge in [-0.05, 0) is 18.1 Å². The maximum atomic E-state index is 11.5. The van der Waals surface area contributed by atoms with Gasteiger partial charge in [-0.1, -0.05) is 50.1 Å². The van der Waals surface area contributed by atoms with Crippen molar-refractivity contribution in [3.63, 3.8) is 0 Å². The van der Waals surface area contributed by atoms with E-state index >= 15 is 0 Å². The lowest BCUT2D eigenvalue weighted by Gasteiger charge is -2.03. The molecule has 86 valence electrons. The molecule has 0 N–H and O–H groups in total. The van der Waals surface area contributed by atoms with Crippen molar-refractivity contribution in [3.8, 4) is 0 Å². The minimum atomic E-state index is -0.282. The Bertz CT molecular complexity index is 367. The molecule has 2 nitrogen and oxygen atoms in total. The molecule has 0 aliphatic carbocycles. The molecule has 0 bridgehead atoms. The second-order valence-electron chi connectivity index (χ2n) is 3.62. The quantitative estimate of drug-likeness (QED) is 0.556. The highest BCUT2D eigenvalue weighted by Crippen LogP contribution is 2.12. The Labute approximate surface area is 96.9 Å². The van der Waals surface area contributed by atoms with Crippen LogP contribution in [-0.2, 0) is 4.74 Å².